The van der Waals surface area contributed by atoms with Gasteiger partial charge in [0.15, 0.2) is 12.0 Å². The summed E-state index contributed by atoms with van der Waals surface area (Å²) in [6.07, 6.45) is 4.59. The Kier molecular flexibility index (Phi) is 6.53. The van der Waals surface area contributed by atoms with Crippen LogP contribution in [0.15, 0.2) is 24.3 Å². The predicted octanol–water partition coefficient (Wildman–Crippen LogP) is 4.62. The number of hydrogen-bond acceptors (Lipinski definition) is 5. The molecule has 2 atom stereocenters. The van der Waals surface area contributed by atoms with Gasteiger partial charge in [0.05, 0.1) is 0 Å². The fraction of sp³-hybridized carbons (Fsp3) is 0.550. The molecule has 2 aromatic rings. The third-order valence-corrected chi connectivity index (χ3v) is 5.21. The van der Waals surface area contributed by atoms with Crippen LogP contribution in [0, 0.1) is 11.7 Å². The van der Waals surface area contributed by atoms with E-state index in [1.807, 2.05) is 19.1 Å². The highest BCUT2D eigenvalue weighted by Gasteiger charge is 2.28. The Morgan fingerprint density at radius 2 is 1.96 bits per heavy atom. The molecule has 3 N–H and O–H groups in total. The molecule has 1 aliphatic rings. The third-order valence-electron chi connectivity index (χ3n) is 5.21. The van der Waals surface area contributed by atoms with E-state index in [9.17, 15) is 8.78 Å². The van der Waals surface area contributed by atoms with Gasteiger partial charge in [0.25, 0.3) is 0 Å². The van der Waals surface area contributed by atoms with Crippen molar-refractivity contribution in [1.29, 1.82) is 0 Å². The van der Waals surface area contributed by atoms with Crippen LogP contribution in [-0.2, 0) is 6.42 Å². The number of halogens is 2. The largest absolute Gasteiger partial charge is 0.368 e. The minimum Gasteiger partial charge on any atom is -0.368 e. The van der Waals surface area contributed by atoms with Crippen molar-refractivity contribution in [2.75, 3.05) is 11.1 Å². The first-order valence-corrected chi connectivity index (χ1v) is 9.72. The van der Waals surface area contributed by atoms with Gasteiger partial charge in [-0.2, -0.15) is 15.0 Å². The molecule has 0 aliphatic heterocycles. The number of rotatable bonds is 9. The average molecular weight is 375 g/mol. The van der Waals surface area contributed by atoms with Gasteiger partial charge in [-0.15, -0.1) is 0 Å². The number of aromatic nitrogens is 3. The molecule has 27 heavy (non-hydrogen) atoms. The van der Waals surface area contributed by atoms with Crippen LogP contribution in [0.1, 0.15) is 63.0 Å². The Morgan fingerprint density at radius 3 is 2.63 bits per heavy atom. The van der Waals surface area contributed by atoms with Crippen molar-refractivity contribution in [2.45, 2.75) is 64.1 Å². The van der Waals surface area contributed by atoms with E-state index in [4.69, 9.17) is 5.73 Å². The molecule has 0 unspecified atom stereocenters. The van der Waals surface area contributed by atoms with E-state index in [-0.39, 0.29) is 23.6 Å². The van der Waals surface area contributed by atoms with Crippen LogP contribution in [0.4, 0.5) is 20.7 Å². The van der Waals surface area contributed by atoms with Crippen LogP contribution >= 0.6 is 0 Å². The van der Waals surface area contributed by atoms with Gasteiger partial charge in [0.2, 0.25) is 11.9 Å². The molecular formula is C20H27F2N5. The van der Waals surface area contributed by atoms with E-state index >= 15 is 0 Å². The molecule has 1 heterocycles. The van der Waals surface area contributed by atoms with Gasteiger partial charge in [-0.3, -0.25) is 0 Å². The van der Waals surface area contributed by atoms with Gasteiger partial charge in [-0.05, 0) is 49.7 Å². The van der Waals surface area contributed by atoms with E-state index in [1.165, 1.54) is 12.5 Å². The molecule has 7 heteroatoms. The zero-order chi connectivity index (χ0) is 19.2. The number of benzene rings is 1. The first-order valence-electron chi connectivity index (χ1n) is 9.72. The van der Waals surface area contributed by atoms with E-state index < -0.39 is 6.17 Å². The van der Waals surface area contributed by atoms with E-state index in [0.29, 0.717) is 36.7 Å². The standard InChI is InChI=1S/C20H27F2N5/c1-2-6-16(22)18-25-19(23)27-20(26-18)24-17(14-8-5-9-14)12-11-13-7-3-4-10-15(13)21/h3-4,7,10,14,16-17H,2,5-6,8-9,11-12H2,1H3,(H3,23,24,25,26,27)/t16-,17-/m0/s1. The van der Waals surface area contributed by atoms with Crippen molar-refractivity contribution in [2.24, 2.45) is 5.92 Å². The van der Waals surface area contributed by atoms with E-state index in [0.717, 1.165) is 19.3 Å². The summed E-state index contributed by atoms with van der Waals surface area (Å²) >= 11 is 0. The molecule has 0 bridgehead atoms. The van der Waals surface area contributed by atoms with Gasteiger partial charge >= 0.3 is 0 Å². The van der Waals surface area contributed by atoms with Gasteiger partial charge in [-0.1, -0.05) is 38.0 Å². The van der Waals surface area contributed by atoms with Crippen molar-refractivity contribution in [3.63, 3.8) is 0 Å². The van der Waals surface area contributed by atoms with E-state index in [1.54, 1.807) is 6.07 Å². The number of aryl methyl sites for hydroxylation is 1. The smallest absolute Gasteiger partial charge is 0.228 e. The first kappa shape index (κ1) is 19.5. The Hall–Kier alpha value is -2.31. The summed E-state index contributed by atoms with van der Waals surface area (Å²) in [5, 5.41) is 3.32. The Bertz CT molecular complexity index is 751. The zero-order valence-corrected chi connectivity index (χ0v) is 15.7. The summed E-state index contributed by atoms with van der Waals surface area (Å²) in [5.41, 5.74) is 6.46. The third kappa shape index (κ3) is 5.11. The topological polar surface area (TPSA) is 76.7 Å². The van der Waals surface area contributed by atoms with Crippen molar-refractivity contribution in [3.05, 3.63) is 41.5 Å². The van der Waals surface area contributed by atoms with Gasteiger partial charge in [0.1, 0.15) is 5.82 Å². The van der Waals surface area contributed by atoms with Crippen LogP contribution < -0.4 is 11.1 Å². The molecule has 0 amide bonds. The van der Waals surface area contributed by atoms with Crippen molar-refractivity contribution in [3.8, 4) is 0 Å². The monoisotopic (exact) mass is 375 g/mol. The number of nitrogen functional groups attached to an aromatic ring is 1. The SMILES string of the molecule is CCC[C@H](F)c1nc(N)nc(N[C@@H](CCc2ccccc2F)C2CCC2)n1. The molecule has 0 saturated heterocycles. The number of nitrogens with one attached hydrogen (secondary N) is 1. The lowest BCUT2D eigenvalue weighted by Gasteiger charge is -2.34. The van der Waals surface area contributed by atoms with Crippen LogP contribution in [0.3, 0.4) is 0 Å². The second-order valence-corrected chi connectivity index (χ2v) is 7.20. The highest BCUT2D eigenvalue weighted by atomic mass is 19.1. The quantitative estimate of drug-likeness (QED) is 0.669. The summed E-state index contributed by atoms with van der Waals surface area (Å²) < 4.78 is 28.1. The predicted molar refractivity (Wildman–Crippen MR) is 102 cm³/mol. The fourth-order valence-electron chi connectivity index (χ4n) is 3.44. The summed E-state index contributed by atoms with van der Waals surface area (Å²) in [7, 11) is 0. The lowest BCUT2D eigenvalue weighted by atomic mass is 9.78. The first-order chi connectivity index (χ1) is 13.1. The molecule has 0 radical (unpaired) electrons. The molecule has 1 aromatic heterocycles. The Morgan fingerprint density at radius 1 is 1.19 bits per heavy atom. The number of nitrogens with two attached hydrogens (primary N) is 1. The molecule has 1 aromatic carbocycles. The minimum atomic E-state index is -1.25. The highest BCUT2D eigenvalue weighted by molar-refractivity contribution is 5.33. The summed E-state index contributed by atoms with van der Waals surface area (Å²) in [5.74, 6) is 0.698. The van der Waals surface area contributed by atoms with Gasteiger partial charge < -0.3 is 11.1 Å². The minimum absolute atomic E-state index is 0.0164. The van der Waals surface area contributed by atoms with Crippen molar-refractivity contribution >= 4 is 11.9 Å². The van der Waals surface area contributed by atoms with Gasteiger partial charge in [0, 0.05) is 6.04 Å². The second kappa shape index (κ2) is 9.06. The normalized spacial score (nSPS) is 16.6. The molecule has 5 nitrogen and oxygen atoms in total. The second-order valence-electron chi connectivity index (χ2n) is 7.20. The highest BCUT2D eigenvalue weighted by Crippen LogP contribution is 2.33. The lowest BCUT2D eigenvalue weighted by molar-refractivity contribution is 0.264. The average Bonchev–Trinajstić information content (AvgIpc) is 2.59. The van der Waals surface area contributed by atoms with Crippen LogP contribution in [0.2, 0.25) is 0 Å². The van der Waals surface area contributed by atoms with E-state index in [2.05, 4.69) is 20.3 Å². The lowest BCUT2D eigenvalue weighted by Crippen LogP contribution is -2.35. The Labute approximate surface area is 158 Å². The molecule has 1 saturated carbocycles. The maximum Gasteiger partial charge on any atom is 0.228 e. The van der Waals surface area contributed by atoms with Crippen LogP contribution in [0.25, 0.3) is 0 Å². The summed E-state index contributed by atoms with van der Waals surface area (Å²) in [4.78, 5) is 12.3. The number of alkyl halides is 1. The van der Waals surface area contributed by atoms with Crippen molar-refractivity contribution in [1.82, 2.24) is 15.0 Å². The molecule has 146 valence electrons. The number of anilines is 2. The maximum absolute atomic E-state index is 14.2. The molecule has 1 fully saturated rings. The van der Waals surface area contributed by atoms with Crippen molar-refractivity contribution < 1.29 is 8.78 Å². The summed E-state index contributed by atoms with van der Waals surface area (Å²) in [6.45, 7) is 1.91. The summed E-state index contributed by atoms with van der Waals surface area (Å²) in [6, 6.07) is 6.93. The molecule has 1 aliphatic carbocycles. The maximum atomic E-state index is 14.2. The van der Waals surface area contributed by atoms with Gasteiger partial charge in [-0.25, -0.2) is 8.78 Å². The number of hydrogen-bond donors (Lipinski definition) is 2. The molecule has 3 rings (SSSR count). The van der Waals surface area contributed by atoms with Crippen LogP contribution in [0.5, 0.6) is 0 Å². The Balaban J connectivity index is 1.72. The number of nitrogens with zero attached hydrogens (tertiary/aromatic N) is 3. The fourth-order valence-corrected chi connectivity index (χ4v) is 3.44. The van der Waals surface area contributed by atoms with Crippen LogP contribution in [-0.4, -0.2) is 21.0 Å². The molecular weight excluding hydrogens is 348 g/mol. The molecule has 0 spiro atoms. The zero-order valence-electron chi connectivity index (χ0n) is 15.7.